The van der Waals surface area contributed by atoms with Gasteiger partial charge in [-0.3, -0.25) is 14.4 Å². The maximum Gasteiger partial charge on any atom is 0.246 e. The summed E-state index contributed by atoms with van der Waals surface area (Å²) < 4.78 is 0. The van der Waals surface area contributed by atoms with E-state index < -0.39 is 18.1 Å². The molecule has 1 saturated heterocycles. The van der Waals surface area contributed by atoms with Gasteiger partial charge in [0.1, 0.15) is 12.1 Å². The van der Waals surface area contributed by atoms with Crippen LogP contribution in [0.5, 0.6) is 0 Å². The van der Waals surface area contributed by atoms with E-state index in [4.69, 9.17) is 11.8 Å². The lowest BCUT2D eigenvalue weighted by Crippen LogP contribution is -2.56. The van der Waals surface area contributed by atoms with Crippen molar-refractivity contribution in [3.63, 3.8) is 0 Å². The van der Waals surface area contributed by atoms with Crippen molar-refractivity contribution in [1.82, 2.24) is 20.4 Å². The number of rotatable bonds is 8. The first-order chi connectivity index (χ1) is 13.8. The Hall–Kier alpha value is -2.12. The van der Waals surface area contributed by atoms with E-state index in [0.29, 0.717) is 19.5 Å². The Bertz CT molecular complexity index is 740. The van der Waals surface area contributed by atoms with Crippen molar-refractivity contribution >= 4 is 29.5 Å². The minimum atomic E-state index is -0.709. The Morgan fingerprint density at radius 3 is 2.52 bits per heavy atom. The number of carbonyl (C=O) groups excluding carboxylic acids is 3. The van der Waals surface area contributed by atoms with Gasteiger partial charge in [-0.05, 0) is 55.5 Å². The molecule has 2 unspecified atom stereocenters. The molecule has 1 heterocycles. The Kier molecular flexibility index (Phi) is 8.46. The van der Waals surface area contributed by atoms with E-state index in [2.05, 4.69) is 15.5 Å². The Balaban J connectivity index is 2.05. The Morgan fingerprint density at radius 2 is 1.90 bits per heavy atom. The molecular weight excluding hydrogens is 392 g/mol. The number of benzene rings is 1. The second-order valence-corrected chi connectivity index (χ2v) is 8.11. The molecule has 0 saturated carbocycles. The van der Waals surface area contributed by atoms with Crippen LogP contribution in [0.25, 0.3) is 0 Å². The molecule has 160 valence electrons. The van der Waals surface area contributed by atoms with Crippen molar-refractivity contribution < 1.29 is 14.4 Å². The monoisotopic (exact) mass is 422 g/mol. The van der Waals surface area contributed by atoms with Crippen LogP contribution < -0.4 is 15.5 Å². The number of aryl methyl sites for hydroxylation is 1. The maximum absolute atomic E-state index is 13.2. The average Bonchev–Trinajstić information content (AvgIpc) is 3.19. The molecule has 29 heavy (non-hydrogen) atoms. The Labute approximate surface area is 177 Å². The minimum Gasteiger partial charge on any atom is -0.350 e. The molecule has 0 aliphatic carbocycles. The van der Waals surface area contributed by atoms with Crippen LogP contribution in [0.3, 0.4) is 0 Å². The molecule has 2 rings (SSSR count). The third-order valence-corrected chi connectivity index (χ3v) is 5.67. The summed E-state index contributed by atoms with van der Waals surface area (Å²) in [6.07, 6.45) is 1.37. The largest absolute Gasteiger partial charge is 0.350 e. The fourth-order valence-electron chi connectivity index (χ4n) is 3.43. The highest BCUT2D eigenvalue weighted by Crippen LogP contribution is 2.21. The van der Waals surface area contributed by atoms with Crippen molar-refractivity contribution in [1.29, 1.82) is 0 Å². The fourth-order valence-corrected chi connectivity index (χ4v) is 3.53. The van der Waals surface area contributed by atoms with E-state index in [0.717, 1.165) is 17.5 Å². The van der Waals surface area contributed by atoms with Crippen molar-refractivity contribution in [2.24, 2.45) is 5.92 Å². The summed E-state index contributed by atoms with van der Waals surface area (Å²) in [6, 6.07) is 6.01. The van der Waals surface area contributed by atoms with Gasteiger partial charge in [-0.15, -0.1) is 0 Å². The summed E-state index contributed by atoms with van der Waals surface area (Å²) >= 11 is 5.52. The molecule has 3 N–H and O–H groups in total. The zero-order valence-corrected chi connectivity index (χ0v) is 18.3. The molecule has 1 fully saturated rings. The van der Waals surface area contributed by atoms with Gasteiger partial charge < -0.3 is 15.5 Å². The highest BCUT2D eigenvalue weighted by molar-refractivity contribution is 6.15. The fraction of sp³-hybridized carbons (Fsp3) is 0.571. The van der Waals surface area contributed by atoms with Crippen molar-refractivity contribution in [3.05, 3.63) is 35.4 Å². The molecule has 1 aliphatic rings. The number of hydrogen-bond acceptors (Lipinski definition) is 4. The van der Waals surface area contributed by atoms with Crippen LogP contribution >= 0.6 is 11.8 Å². The summed E-state index contributed by atoms with van der Waals surface area (Å²) in [5.41, 5.74) is 2.16. The first-order valence-electron chi connectivity index (χ1n) is 10.1. The number of likely N-dealkylation sites (tertiary alicyclic amines) is 1. The molecular formula is C21H31ClN4O3. The second-order valence-electron chi connectivity index (χ2n) is 7.90. The van der Waals surface area contributed by atoms with Gasteiger partial charge >= 0.3 is 0 Å². The maximum atomic E-state index is 13.2. The van der Waals surface area contributed by atoms with Crippen LogP contribution in [0, 0.1) is 12.8 Å². The third kappa shape index (κ3) is 5.93. The zero-order valence-electron chi connectivity index (χ0n) is 17.5. The molecule has 0 radical (unpaired) electrons. The van der Waals surface area contributed by atoms with Crippen LogP contribution in [0.2, 0.25) is 0 Å². The Morgan fingerprint density at radius 1 is 1.21 bits per heavy atom. The lowest BCUT2D eigenvalue weighted by molar-refractivity contribution is -0.142. The zero-order chi connectivity index (χ0) is 21.6. The quantitative estimate of drug-likeness (QED) is 0.558. The van der Waals surface area contributed by atoms with Gasteiger partial charge in [0.2, 0.25) is 17.7 Å². The van der Waals surface area contributed by atoms with Gasteiger partial charge in [-0.1, -0.05) is 38.1 Å². The first-order valence-corrected chi connectivity index (χ1v) is 10.4. The van der Waals surface area contributed by atoms with Gasteiger partial charge in [0.25, 0.3) is 0 Å². The minimum absolute atomic E-state index is 0.120. The average molecular weight is 423 g/mol. The van der Waals surface area contributed by atoms with Crippen molar-refractivity contribution in [3.8, 4) is 0 Å². The van der Waals surface area contributed by atoms with Crippen LogP contribution in [0.4, 0.5) is 0 Å². The molecule has 1 aliphatic heterocycles. The van der Waals surface area contributed by atoms with Gasteiger partial charge in [-0.2, -0.15) is 0 Å². The summed E-state index contributed by atoms with van der Waals surface area (Å²) in [6.45, 7) is 8.27. The molecule has 1 aromatic carbocycles. The van der Waals surface area contributed by atoms with E-state index in [1.54, 1.807) is 11.8 Å². The predicted molar refractivity (Wildman–Crippen MR) is 113 cm³/mol. The standard InChI is InChI=1S/C21H31ClN4O3/c1-13(2)18(24-19(27)15(4)25-22)21(29)26-11-7-10-17(26)20(28)23-12-16-9-6-5-8-14(16)3/h5-6,8-9,13,15,17-18,25H,7,10-12H2,1-4H3,(H,23,28)(H,24,27)/t15?,17?,18-/m0/s1. The predicted octanol–water partition coefficient (Wildman–Crippen LogP) is 1.87. The molecule has 0 aromatic heterocycles. The summed E-state index contributed by atoms with van der Waals surface area (Å²) in [5.74, 6) is -0.871. The number of amides is 3. The SMILES string of the molecule is Cc1ccccc1CNC(=O)C1CCCN1C(=O)[C@@H](NC(=O)C(C)NCl)C(C)C. The van der Waals surface area contributed by atoms with Crippen LogP contribution in [-0.4, -0.2) is 47.3 Å². The molecule has 3 amide bonds. The van der Waals surface area contributed by atoms with Crippen LogP contribution in [0.1, 0.15) is 44.7 Å². The highest BCUT2D eigenvalue weighted by Gasteiger charge is 2.38. The normalized spacial score (nSPS) is 18.4. The van der Waals surface area contributed by atoms with E-state index in [1.165, 1.54) is 0 Å². The molecule has 0 spiro atoms. The van der Waals surface area contributed by atoms with Gasteiger partial charge in [0.15, 0.2) is 0 Å². The summed E-state index contributed by atoms with van der Waals surface area (Å²) in [4.78, 5) is 42.1. The topological polar surface area (TPSA) is 90.5 Å². The van der Waals surface area contributed by atoms with Crippen LogP contribution in [0.15, 0.2) is 24.3 Å². The van der Waals surface area contributed by atoms with Gasteiger partial charge in [0, 0.05) is 13.1 Å². The lowest BCUT2D eigenvalue weighted by Gasteiger charge is -2.31. The van der Waals surface area contributed by atoms with Gasteiger partial charge in [-0.25, -0.2) is 4.84 Å². The number of hydrogen-bond donors (Lipinski definition) is 3. The highest BCUT2D eigenvalue weighted by atomic mass is 35.5. The number of halogens is 1. The van der Waals surface area contributed by atoms with Gasteiger partial charge in [0.05, 0.1) is 6.04 Å². The van der Waals surface area contributed by atoms with Crippen molar-refractivity contribution in [2.45, 2.75) is 65.2 Å². The summed E-state index contributed by atoms with van der Waals surface area (Å²) in [5, 5.41) is 5.72. The molecule has 0 bridgehead atoms. The lowest BCUT2D eigenvalue weighted by atomic mass is 10.0. The van der Waals surface area contributed by atoms with Crippen molar-refractivity contribution in [2.75, 3.05) is 6.54 Å². The molecule has 8 heteroatoms. The van der Waals surface area contributed by atoms with E-state index in [-0.39, 0.29) is 23.6 Å². The van der Waals surface area contributed by atoms with E-state index in [1.807, 2.05) is 45.0 Å². The third-order valence-electron chi connectivity index (χ3n) is 5.34. The number of nitrogens with zero attached hydrogens (tertiary/aromatic N) is 1. The summed E-state index contributed by atoms with van der Waals surface area (Å²) in [7, 11) is 0. The van der Waals surface area contributed by atoms with Crippen LogP contribution in [-0.2, 0) is 20.9 Å². The molecule has 7 nitrogen and oxygen atoms in total. The van der Waals surface area contributed by atoms with E-state index >= 15 is 0 Å². The number of carbonyl (C=O) groups is 3. The molecule has 1 aromatic rings. The first kappa shape index (κ1) is 23.2. The number of nitrogens with one attached hydrogen (secondary N) is 3. The smallest absolute Gasteiger partial charge is 0.246 e. The molecule has 3 atom stereocenters. The van der Waals surface area contributed by atoms with E-state index in [9.17, 15) is 14.4 Å². The second kappa shape index (κ2) is 10.6.